The summed E-state index contributed by atoms with van der Waals surface area (Å²) in [6.45, 7) is 0.0303. The first-order valence-corrected chi connectivity index (χ1v) is 11.7. The maximum atomic E-state index is 13.2. The van der Waals surface area contributed by atoms with Crippen LogP contribution >= 0.6 is 11.3 Å². The van der Waals surface area contributed by atoms with Crippen molar-refractivity contribution < 1.29 is 17.9 Å². The van der Waals surface area contributed by atoms with E-state index in [9.17, 15) is 13.2 Å². The lowest BCUT2D eigenvalue weighted by Gasteiger charge is -2.18. The van der Waals surface area contributed by atoms with Crippen molar-refractivity contribution in [2.45, 2.75) is 23.0 Å². The number of methoxy groups -OCH3 is 1. The van der Waals surface area contributed by atoms with Crippen LogP contribution in [0.15, 0.2) is 77.0 Å². The summed E-state index contributed by atoms with van der Waals surface area (Å²) in [7, 11) is -2.14. The molecule has 1 heterocycles. The standard InChI is InChI=1S/C22H23NO4S2/c1-27-18-10-12-19(13-11-18)29(25,26)21(20-8-5-15-28-20)16-23-22(24)14-9-17-6-3-2-4-7-17/h2-8,10-13,15,21H,9,14,16H2,1H3,(H,23,24)/t21-/m1/s1. The van der Waals surface area contributed by atoms with E-state index in [1.165, 1.54) is 30.6 Å². The number of hydrogen-bond donors (Lipinski definition) is 1. The monoisotopic (exact) mass is 429 g/mol. The zero-order chi connectivity index (χ0) is 20.7. The number of sulfone groups is 1. The summed E-state index contributed by atoms with van der Waals surface area (Å²) in [6.07, 6.45) is 0.922. The second-order valence-corrected chi connectivity index (χ2v) is 9.62. The third kappa shape index (κ3) is 5.46. The van der Waals surface area contributed by atoms with Gasteiger partial charge in [0.25, 0.3) is 0 Å². The van der Waals surface area contributed by atoms with Gasteiger partial charge in [0.2, 0.25) is 5.91 Å². The quantitative estimate of drug-likeness (QED) is 0.558. The first-order chi connectivity index (χ1) is 14.0. The van der Waals surface area contributed by atoms with Crippen molar-refractivity contribution in [1.82, 2.24) is 5.32 Å². The van der Waals surface area contributed by atoms with Gasteiger partial charge in [0.1, 0.15) is 11.0 Å². The van der Waals surface area contributed by atoms with Crippen LogP contribution in [0.3, 0.4) is 0 Å². The van der Waals surface area contributed by atoms with Gasteiger partial charge in [0, 0.05) is 17.8 Å². The summed E-state index contributed by atoms with van der Waals surface area (Å²) in [5.41, 5.74) is 1.07. The van der Waals surface area contributed by atoms with Gasteiger partial charge in [-0.3, -0.25) is 4.79 Å². The molecule has 0 bridgehead atoms. The van der Waals surface area contributed by atoms with Gasteiger partial charge in [-0.1, -0.05) is 36.4 Å². The maximum absolute atomic E-state index is 13.2. The highest BCUT2D eigenvalue weighted by atomic mass is 32.2. The molecule has 0 saturated heterocycles. The molecule has 1 aromatic heterocycles. The van der Waals surface area contributed by atoms with E-state index in [-0.39, 0.29) is 17.3 Å². The fourth-order valence-corrected chi connectivity index (χ4v) is 5.75. The first kappa shape index (κ1) is 21.1. The van der Waals surface area contributed by atoms with E-state index >= 15 is 0 Å². The summed E-state index contributed by atoms with van der Waals surface area (Å²) in [5.74, 6) is 0.422. The average Bonchev–Trinajstić information content (AvgIpc) is 3.27. The number of nitrogens with one attached hydrogen (secondary N) is 1. The first-order valence-electron chi connectivity index (χ1n) is 9.22. The number of carbonyl (C=O) groups excluding carboxylic acids is 1. The zero-order valence-electron chi connectivity index (χ0n) is 16.1. The fraction of sp³-hybridized carbons (Fsp3) is 0.227. The molecule has 0 fully saturated rings. The van der Waals surface area contributed by atoms with Crippen molar-refractivity contribution in [2.24, 2.45) is 0 Å². The second kappa shape index (κ2) is 9.71. The normalized spacial score (nSPS) is 12.3. The number of ether oxygens (including phenoxy) is 1. The van der Waals surface area contributed by atoms with E-state index in [0.717, 1.165) is 5.56 Å². The molecule has 0 unspecified atom stereocenters. The van der Waals surface area contributed by atoms with Crippen LogP contribution in [0.5, 0.6) is 5.75 Å². The average molecular weight is 430 g/mol. The molecule has 5 nitrogen and oxygen atoms in total. The Morgan fingerprint density at radius 3 is 2.38 bits per heavy atom. The van der Waals surface area contributed by atoms with Crippen LogP contribution in [0.1, 0.15) is 22.1 Å². The predicted molar refractivity (Wildman–Crippen MR) is 115 cm³/mol. The van der Waals surface area contributed by atoms with Gasteiger partial charge in [0.15, 0.2) is 9.84 Å². The molecule has 2 aromatic carbocycles. The molecular formula is C22H23NO4S2. The highest BCUT2D eigenvalue weighted by Gasteiger charge is 2.30. The van der Waals surface area contributed by atoms with Crippen molar-refractivity contribution in [3.63, 3.8) is 0 Å². The molecule has 3 rings (SSSR count). The van der Waals surface area contributed by atoms with E-state index in [0.29, 0.717) is 23.5 Å². The number of benzene rings is 2. The fourth-order valence-electron chi connectivity index (χ4n) is 2.96. The minimum absolute atomic E-state index is 0.0303. The van der Waals surface area contributed by atoms with Gasteiger partial charge in [-0.25, -0.2) is 8.42 Å². The van der Waals surface area contributed by atoms with Crippen LogP contribution < -0.4 is 10.1 Å². The number of thiophene rings is 1. The predicted octanol–water partition coefficient (Wildman–Crippen LogP) is 4.02. The van der Waals surface area contributed by atoms with Crippen molar-refractivity contribution in [3.05, 3.63) is 82.6 Å². The van der Waals surface area contributed by atoms with E-state index in [4.69, 9.17) is 4.74 Å². The molecule has 7 heteroatoms. The van der Waals surface area contributed by atoms with E-state index in [1.54, 1.807) is 18.2 Å². The lowest BCUT2D eigenvalue weighted by Crippen LogP contribution is -2.31. The van der Waals surface area contributed by atoms with E-state index in [2.05, 4.69) is 5.32 Å². The Labute approximate surface area is 175 Å². The molecule has 0 aliphatic heterocycles. The third-order valence-corrected chi connectivity index (χ3v) is 7.83. The number of carbonyl (C=O) groups is 1. The minimum atomic E-state index is -3.67. The summed E-state index contributed by atoms with van der Waals surface area (Å²) in [6, 6.07) is 19.6. The number of rotatable bonds is 9. The van der Waals surface area contributed by atoms with Crippen molar-refractivity contribution >= 4 is 27.1 Å². The van der Waals surface area contributed by atoms with Gasteiger partial charge in [-0.05, 0) is 47.7 Å². The zero-order valence-corrected chi connectivity index (χ0v) is 17.7. The molecule has 29 heavy (non-hydrogen) atoms. The molecule has 0 saturated carbocycles. The number of aryl methyl sites for hydroxylation is 1. The summed E-state index contributed by atoms with van der Waals surface area (Å²) >= 11 is 1.37. The summed E-state index contributed by atoms with van der Waals surface area (Å²) in [4.78, 5) is 13.2. The van der Waals surface area contributed by atoms with E-state index < -0.39 is 15.1 Å². The third-order valence-electron chi connectivity index (χ3n) is 4.59. The SMILES string of the molecule is COc1ccc(S(=O)(=O)[C@H](CNC(=O)CCc2ccccc2)c2cccs2)cc1. The van der Waals surface area contributed by atoms with Crippen molar-refractivity contribution in [3.8, 4) is 5.75 Å². The van der Waals surface area contributed by atoms with Crippen LogP contribution in [0.25, 0.3) is 0 Å². The molecule has 1 atom stereocenters. The molecule has 152 valence electrons. The Bertz CT molecular complexity index is 1010. The highest BCUT2D eigenvalue weighted by Crippen LogP contribution is 2.32. The summed E-state index contributed by atoms with van der Waals surface area (Å²) < 4.78 is 31.6. The summed E-state index contributed by atoms with van der Waals surface area (Å²) in [5, 5.41) is 3.80. The smallest absolute Gasteiger partial charge is 0.220 e. The van der Waals surface area contributed by atoms with Crippen LogP contribution in [0, 0.1) is 0 Å². The Balaban J connectivity index is 1.71. The Hall–Kier alpha value is -2.64. The Morgan fingerprint density at radius 2 is 1.76 bits per heavy atom. The van der Waals surface area contributed by atoms with Crippen LogP contribution in [0.4, 0.5) is 0 Å². The lowest BCUT2D eigenvalue weighted by molar-refractivity contribution is -0.121. The number of hydrogen-bond acceptors (Lipinski definition) is 5. The molecule has 1 N–H and O–H groups in total. The molecule has 0 aliphatic carbocycles. The van der Waals surface area contributed by atoms with E-state index in [1.807, 2.05) is 41.8 Å². The molecule has 0 aliphatic rings. The van der Waals surface area contributed by atoms with Gasteiger partial charge in [-0.2, -0.15) is 0 Å². The topological polar surface area (TPSA) is 72.5 Å². The lowest BCUT2D eigenvalue weighted by atomic mass is 10.1. The molecule has 0 spiro atoms. The van der Waals surface area contributed by atoms with Gasteiger partial charge >= 0.3 is 0 Å². The Morgan fingerprint density at radius 1 is 1.03 bits per heavy atom. The van der Waals surface area contributed by atoms with Crippen LogP contribution in [-0.4, -0.2) is 28.0 Å². The Kier molecular flexibility index (Phi) is 7.06. The second-order valence-electron chi connectivity index (χ2n) is 6.51. The van der Waals surface area contributed by atoms with Crippen molar-refractivity contribution in [2.75, 3.05) is 13.7 Å². The van der Waals surface area contributed by atoms with Crippen LogP contribution in [-0.2, 0) is 21.1 Å². The molecule has 1 amide bonds. The van der Waals surface area contributed by atoms with Crippen LogP contribution in [0.2, 0.25) is 0 Å². The van der Waals surface area contributed by atoms with Gasteiger partial charge in [0.05, 0.1) is 12.0 Å². The molecule has 3 aromatic rings. The maximum Gasteiger partial charge on any atom is 0.220 e. The molecular weight excluding hydrogens is 406 g/mol. The molecule has 0 radical (unpaired) electrons. The minimum Gasteiger partial charge on any atom is -0.497 e. The largest absolute Gasteiger partial charge is 0.497 e. The highest BCUT2D eigenvalue weighted by molar-refractivity contribution is 7.91. The number of amides is 1. The van der Waals surface area contributed by atoms with Gasteiger partial charge < -0.3 is 10.1 Å². The van der Waals surface area contributed by atoms with Crippen molar-refractivity contribution in [1.29, 1.82) is 0 Å². The van der Waals surface area contributed by atoms with Gasteiger partial charge in [-0.15, -0.1) is 11.3 Å².